The maximum absolute atomic E-state index is 13.1. The lowest BCUT2D eigenvalue weighted by molar-refractivity contribution is -0.115. The van der Waals surface area contributed by atoms with Crippen molar-refractivity contribution in [3.63, 3.8) is 0 Å². The largest absolute Gasteiger partial charge is 0.339 e. The number of hydrogen-bond donors (Lipinski definition) is 1. The van der Waals surface area contributed by atoms with Crippen molar-refractivity contribution < 1.29 is 9.59 Å². The van der Waals surface area contributed by atoms with Crippen molar-refractivity contribution in [3.8, 4) is 0 Å². The van der Waals surface area contributed by atoms with Gasteiger partial charge in [0.1, 0.15) is 0 Å². The molecule has 1 aliphatic heterocycles. The SMILES string of the molecule is CCC(=O)Nc1c(C)cc(C(=O)N2CCC(CN(C)CCc3ccccc3)CC2)cc1C. The molecule has 2 aromatic carbocycles. The number of piperidine rings is 1. The Morgan fingerprint density at radius 1 is 1.06 bits per heavy atom. The lowest BCUT2D eigenvalue weighted by atomic mass is 9.95. The summed E-state index contributed by atoms with van der Waals surface area (Å²) in [5.41, 5.74) is 4.79. The first-order chi connectivity index (χ1) is 15.4. The molecule has 2 amide bonds. The van der Waals surface area contributed by atoms with Crippen LogP contribution in [-0.2, 0) is 11.2 Å². The third-order valence-electron chi connectivity index (χ3n) is 6.46. The van der Waals surface area contributed by atoms with E-state index >= 15 is 0 Å². The molecule has 0 aliphatic carbocycles. The van der Waals surface area contributed by atoms with Crippen molar-refractivity contribution in [1.82, 2.24) is 9.80 Å². The number of likely N-dealkylation sites (N-methyl/N-ethyl adjacent to an activating group) is 1. The molecule has 0 radical (unpaired) electrons. The predicted octanol–water partition coefficient (Wildman–Crippen LogP) is 4.68. The van der Waals surface area contributed by atoms with E-state index in [2.05, 4.69) is 47.6 Å². The zero-order valence-electron chi connectivity index (χ0n) is 20.0. The lowest BCUT2D eigenvalue weighted by Gasteiger charge is -2.34. The van der Waals surface area contributed by atoms with Crippen LogP contribution in [0.1, 0.15) is 53.2 Å². The number of likely N-dealkylation sites (tertiary alicyclic amines) is 1. The first-order valence-electron chi connectivity index (χ1n) is 11.8. The highest BCUT2D eigenvalue weighted by Crippen LogP contribution is 2.25. The van der Waals surface area contributed by atoms with Gasteiger partial charge in [0.25, 0.3) is 5.91 Å². The Morgan fingerprint density at radius 3 is 2.28 bits per heavy atom. The Morgan fingerprint density at radius 2 is 1.69 bits per heavy atom. The standard InChI is InChI=1S/C27H37N3O2/c1-5-25(31)28-26-20(2)17-24(18-21(26)3)27(32)30-15-12-23(13-16-30)19-29(4)14-11-22-9-7-6-8-10-22/h6-10,17-18,23H,5,11-16,19H2,1-4H3,(H,28,31). The van der Waals surface area contributed by atoms with Crippen LogP contribution in [0.15, 0.2) is 42.5 Å². The minimum Gasteiger partial charge on any atom is -0.339 e. The summed E-state index contributed by atoms with van der Waals surface area (Å²) in [7, 11) is 2.20. The molecule has 0 atom stereocenters. The molecule has 3 rings (SSSR count). The van der Waals surface area contributed by atoms with Crippen molar-refractivity contribution >= 4 is 17.5 Å². The summed E-state index contributed by atoms with van der Waals surface area (Å²) in [4.78, 5) is 29.3. The summed E-state index contributed by atoms with van der Waals surface area (Å²) in [5.74, 6) is 0.724. The fourth-order valence-electron chi connectivity index (χ4n) is 4.51. The molecule has 5 heteroatoms. The van der Waals surface area contributed by atoms with Crippen LogP contribution in [0.2, 0.25) is 0 Å². The molecule has 1 fully saturated rings. The zero-order chi connectivity index (χ0) is 23.1. The van der Waals surface area contributed by atoms with Crippen molar-refractivity contribution in [3.05, 3.63) is 64.7 Å². The van der Waals surface area contributed by atoms with E-state index < -0.39 is 0 Å². The maximum atomic E-state index is 13.1. The van der Waals surface area contributed by atoms with Crippen molar-refractivity contribution in [2.24, 2.45) is 5.92 Å². The van der Waals surface area contributed by atoms with Gasteiger partial charge in [-0.3, -0.25) is 9.59 Å². The molecule has 2 aromatic rings. The van der Waals surface area contributed by atoms with Gasteiger partial charge in [0.2, 0.25) is 5.91 Å². The minimum absolute atomic E-state index is 0.00825. The van der Waals surface area contributed by atoms with Crippen molar-refractivity contribution in [1.29, 1.82) is 0 Å². The number of anilines is 1. The molecule has 1 aliphatic rings. The van der Waals surface area contributed by atoms with Gasteiger partial charge in [-0.2, -0.15) is 0 Å². The molecule has 0 aromatic heterocycles. The van der Waals surface area contributed by atoms with Crippen LogP contribution >= 0.6 is 0 Å². The lowest BCUT2D eigenvalue weighted by Crippen LogP contribution is -2.41. The number of aryl methyl sites for hydroxylation is 2. The third kappa shape index (κ3) is 6.42. The highest BCUT2D eigenvalue weighted by atomic mass is 16.2. The third-order valence-corrected chi connectivity index (χ3v) is 6.46. The second kappa shape index (κ2) is 11.3. The fourth-order valence-corrected chi connectivity index (χ4v) is 4.51. The number of nitrogens with zero attached hydrogens (tertiary/aromatic N) is 2. The number of carbonyl (C=O) groups excluding carboxylic acids is 2. The van der Waals surface area contributed by atoms with E-state index in [-0.39, 0.29) is 11.8 Å². The van der Waals surface area contributed by atoms with Gasteiger partial charge in [-0.1, -0.05) is 37.3 Å². The summed E-state index contributed by atoms with van der Waals surface area (Å²) >= 11 is 0. The molecule has 0 spiro atoms. The summed E-state index contributed by atoms with van der Waals surface area (Å²) in [5, 5.41) is 2.95. The zero-order valence-corrected chi connectivity index (χ0v) is 20.0. The van der Waals surface area contributed by atoms with E-state index in [1.54, 1.807) is 0 Å². The van der Waals surface area contributed by atoms with E-state index in [0.717, 1.165) is 62.3 Å². The van der Waals surface area contributed by atoms with Crippen LogP contribution in [0.5, 0.6) is 0 Å². The van der Waals surface area contributed by atoms with Gasteiger partial charge >= 0.3 is 0 Å². The Bertz CT molecular complexity index is 895. The first-order valence-corrected chi connectivity index (χ1v) is 11.8. The average Bonchev–Trinajstić information content (AvgIpc) is 2.80. The van der Waals surface area contributed by atoms with E-state index in [1.807, 2.05) is 37.8 Å². The molecule has 1 saturated heterocycles. The number of benzene rings is 2. The van der Waals surface area contributed by atoms with E-state index in [9.17, 15) is 9.59 Å². The predicted molar refractivity (Wildman–Crippen MR) is 131 cm³/mol. The van der Waals surface area contributed by atoms with Gasteiger partial charge in [0.05, 0.1) is 0 Å². The molecule has 0 bridgehead atoms. The Hall–Kier alpha value is -2.66. The van der Waals surface area contributed by atoms with Crippen LogP contribution in [0.3, 0.4) is 0 Å². The average molecular weight is 436 g/mol. The van der Waals surface area contributed by atoms with E-state index in [0.29, 0.717) is 17.9 Å². The summed E-state index contributed by atoms with van der Waals surface area (Å²) in [6.07, 6.45) is 3.60. The first kappa shape index (κ1) is 24.0. The van der Waals surface area contributed by atoms with Crippen LogP contribution in [-0.4, -0.2) is 54.8 Å². The van der Waals surface area contributed by atoms with Gasteiger partial charge < -0.3 is 15.1 Å². The van der Waals surface area contributed by atoms with Gasteiger partial charge in [-0.25, -0.2) is 0 Å². The topological polar surface area (TPSA) is 52.7 Å². The number of rotatable bonds is 8. The smallest absolute Gasteiger partial charge is 0.253 e. The van der Waals surface area contributed by atoms with Gasteiger partial charge in [-0.15, -0.1) is 0 Å². The Balaban J connectivity index is 1.50. The van der Waals surface area contributed by atoms with Gasteiger partial charge in [0, 0.05) is 43.9 Å². The van der Waals surface area contributed by atoms with Crippen molar-refractivity contribution in [2.75, 3.05) is 38.5 Å². The molecule has 32 heavy (non-hydrogen) atoms. The number of nitrogens with one attached hydrogen (secondary N) is 1. The summed E-state index contributed by atoms with van der Waals surface area (Å²) < 4.78 is 0. The molecule has 0 saturated carbocycles. The number of hydrogen-bond acceptors (Lipinski definition) is 3. The number of amides is 2. The van der Waals surface area contributed by atoms with Crippen LogP contribution in [0.4, 0.5) is 5.69 Å². The molecule has 172 valence electrons. The van der Waals surface area contributed by atoms with Crippen LogP contribution in [0.25, 0.3) is 0 Å². The van der Waals surface area contributed by atoms with E-state index in [4.69, 9.17) is 0 Å². The van der Waals surface area contributed by atoms with Gasteiger partial charge in [0.15, 0.2) is 0 Å². The van der Waals surface area contributed by atoms with Crippen LogP contribution < -0.4 is 5.32 Å². The van der Waals surface area contributed by atoms with E-state index in [1.165, 1.54) is 5.56 Å². The summed E-state index contributed by atoms with van der Waals surface area (Å²) in [6.45, 7) is 9.49. The normalized spacial score (nSPS) is 14.6. The molecular weight excluding hydrogens is 398 g/mol. The maximum Gasteiger partial charge on any atom is 0.253 e. The molecule has 5 nitrogen and oxygen atoms in total. The Labute approximate surface area is 192 Å². The van der Waals surface area contributed by atoms with Gasteiger partial charge in [-0.05, 0) is 74.9 Å². The summed E-state index contributed by atoms with van der Waals surface area (Å²) in [6, 6.07) is 14.4. The highest BCUT2D eigenvalue weighted by molar-refractivity contribution is 5.97. The van der Waals surface area contributed by atoms with Crippen LogP contribution in [0, 0.1) is 19.8 Å². The molecule has 1 N–H and O–H groups in total. The number of carbonyl (C=O) groups is 2. The quantitative estimate of drug-likeness (QED) is 0.655. The fraction of sp³-hybridized carbons (Fsp3) is 0.481. The Kier molecular flexibility index (Phi) is 8.46. The second-order valence-corrected chi connectivity index (χ2v) is 9.12. The molecule has 1 heterocycles. The van der Waals surface area contributed by atoms with Crippen molar-refractivity contribution in [2.45, 2.75) is 46.5 Å². The molecule has 0 unspecified atom stereocenters. The minimum atomic E-state index is -0.00825. The monoisotopic (exact) mass is 435 g/mol. The second-order valence-electron chi connectivity index (χ2n) is 9.12. The molecular formula is C27H37N3O2. The highest BCUT2D eigenvalue weighted by Gasteiger charge is 2.25.